The van der Waals surface area contributed by atoms with Crippen molar-refractivity contribution in [1.82, 2.24) is 15.0 Å². The molecule has 0 bridgehead atoms. The number of hydrogen-bond donors (Lipinski definition) is 0. The first-order valence-electron chi connectivity index (χ1n) is 18.2. The van der Waals surface area contributed by atoms with Crippen molar-refractivity contribution in [3.63, 3.8) is 0 Å². The Kier molecular flexibility index (Phi) is 7.27. The lowest BCUT2D eigenvalue weighted by molar-refractivity contribution is 1.07. The third-order valence-electron chi connectivity index (χ3n) is 10.9. The number of nitrogens with zero attached hydrogens (tertiary/aromatic N) is 3. The van der Waals surface area contributed by atoms with Crippen LogP contribution in [0.2, 0.25) is 13.1 Å². The zero-order valence-electron chi connectivity index (χ0n) is 29.6. The van der Waals surface area contributed by atoms with Crippen molar-refractivity contribution in [3.8, 4) is 67.5 Å². The van der Waals surface area contributed by atoms with Crippen LogP contribution in [0.3, 0.4) is 0 Å². The molecule has 9 aromatic rings. The summed E-state index contributed by atoms with van der Waals surface area (Å²) in [6.07, 6.45) is 0. The molecule has 8 aromatic carbocycles. The first-order valence-corrected chi connectivity index (χ1v) is 21.2. The fourth-order valence-corrected chi connectivity index (χ4v) is 11.0. The lowest BCUT2D eigenvalue weighted by Crippen LogP contribution is -2.49. The Morgan fingerprint density at radius 3 is 1.38 bits per heavy atom. The monoisotopic (exact) mass is 693 g/mol. The number of fused-ring (bicyclic) bond motifs is 5. The van der Waals surface area contributed by atoms with Gasteiger partial charge in [0.15, 0.2) is 17.5 Å². The summed E-state index contributed by atoms with van der Waals surface area (Å²) in [6, 6.07) is 63.0. The molecule has 0 unspecified atom stereocenters. The van der Waals surface area contributed by atoms with E-state index in [4.69, 9.17) is 15.0 Å². The maximum absolute atomic E-state index is 5.16. The van der Waals surface area contributed by atoms with Gasteiger partial charge in [-0.25, -0.2) is 15.0 Å². The van der Waals surface area contributed by atoms with Gasteiger partial charge in [0.1, 0.15) is 8.07 Å². The van der Waals surface area contributed by atoms with Crippen LogP contribution >= 0.6 is 0 Å². The summed E-state index contributed by atoms with van der Waals surface area (Å²) in [7, 11) is -1.89. The Morgan fingerprint density at radius 2 is 0.736 bits per heavy atom. The van der Waals surface area contributed by atoms with Gasteiger partial charge in [-0.05, 0) is 83.5 Å². The molecule has 250 valence electrons. The summed E-state index contributed by atoms with van der Waals surface area (Å²) < 4.78 is 0. The molecule has 0 atom stereocenters. The fourth-order valence-electron chi connectivity index (χ4n) is 7.96. The van der Waals surface area contributed by atoms with Gasteiger partial charge in [-0.2, -0.15) is 0 Å². The standard InChI is InChI=1S/C49H35N3Si/c1-53(2)45-27-26-42(30-43(45)44-29-39-14-8-9-15-40(39)31-46(44)53)49-51-47(36-21-16-34(17-22-36)32-10-4-3-5-11-32)50-48(52-49)37-23-18-35(19-24-37)41-25-20-33-12-6-7-13-38(33)28-41/h3-31H,1-2H3. The van der Waals surface area contributed by atoms with E-state index in [0.29, 0.717) is 17.5 Å². The maximum Gasteiger partial charge on any atom is 0.164 e. The maximum atomic E-state index is 5.16. The largest absolute Gasteiger partial charge is 0.208 e. The number of aromatic nitrogens is 3. The molecule has 0 saturated carbocycles. The smallest absolute Gasteiger partial charge is 0.164 e. The molecular weight excluding hydrogens is 659 g/mol. The molecule has 0 N–H and O–H groups in total. The molecule has 53 heavy (non-hydrogen) atoms. The number of benzene rings is 8. The molecule has 1 aromatic heterocycles. The molecule has 0 radical (unpaired) electrons. The SMILES string of the molecule is C[Si]1(C)c2ccc(-c3nc(-c4ccc(-c5ccccc5)cc4)nc(-c4ccc(-c5ccc6ccccc6c5)cc4)n3)cc2-c2cc3ccccc3cc21. The van der Waals surface area contributed by atoms with Gasteiger partial charge in [-0.3, -0.25) is 0 Å². The molecule has 0 amide bonds. The van der Waals surface area contributed by atoms with Crippen molar-refractivity contribution in [3.05, 3.63) is 176 Å². The highest BCUT2D eigenvalue weighted by Crippen LogP contribution is 2.35. The third-order valence-corrected chi connectivity index (χ3v) is 14.5. The molecule has 0 spiro atoms. The summed E-state index contributed by atoms with van der Waals surface area (Å²) in [5, 5.41) is 7.99. The summed E-state index contributed by atoms with van der Waals surface area (Å²) in [6.45, 7) is 4.93. The molecule has 4 heteroatoms. The Morgan fingerprint density at radius 1 is 0.302 bits per heavy atom. The van der Waals surface area contributed by atoms with E-state index < -0.39 is 8.07 Å². The van der Waals surface area contributed by atoms with E-state index in [1.807, 2.05) is 6.07 Å². The topological polar surface area (TPSA) is 38.7 Å². The third kappa shape index (κ3) is 5.47. The Bertz CT molecular complexity index is 2840. The highest BCUT2D eigenvalue weighted by atomic mass is 28.3. The first-order chi connectivity index (χ1) is 26.0. The minimum atomic E-state index is -1.89. The van der Waals surface area contributed by atoms with Crippen LogP contribution in [0.25, 0.3) is 89.1 Å². The zero-order valence-corrected chi connectivity index (χ0v) is 30.6. The minimum absolute atomic E-state index is 0.656. The minimum Gasteiger partial charge on any atom is -0.208 e. The lowest BCUT2D eigenvalue weighted by atomic mass is 9.99. The van der Waals surface area contributed by atoms with Crippen LogP contribution in [-0.2, 0) is 0 Å². The lowest BCUT2D eigenvalue weighted by Gasteiger charge is -2.19. The summed E-state index contributed by atoms with van der Waals surface area (Å²) in [5.41, 5.74) is 10.2. The van der Waals surface area contributed by atoms with Gasteiger partial charge in [0.2, 0.25) is 0 Å². The predicted molar refractivity (Wildman–Crippen MR) is 224 cm³/mol. The van der Waals surface area contributed by atoms with Gasteiger partial charge in [0.05, 0.1) is 0 Å². The first kappa shape index (κ1) is 31.3. The Balaban J connectivity index is 1.09. The average Bonchev–Trinajstić information content (AvgIpc) is 3.44. The molecule has 3 nitrogen and oxygen atoms in total. The summed E-state index contributed by atoms with van der Waals surface area (Å²) in [4.78, 5) is 15.4. The van der Waals surface area contributed by atoms with E-state index in [0.717, 1.165) is 27.8 Å². The van der Waals surface area contributed by atoms with Gasteiger partial charge >= 0.3 is 0 Å². The highest BCUT2D eigenvalue weighted by molar-refractivity contribution is 7.04. The molecule has 1 aliphatic heterocycles. The Labute approximate surface area is 310 Å². The second-order valence-corrected chi connectivity index (χ2v) is 18.8. The van der Waals surface area contributed by atoms with Crippen LogP contribution in [-0.4, -0.2) is 23.0 Å². The van der Waals surface area contributed by atoms with Gasteiger partial charge in [0, 0.05) is 16.7 Å². The normalized spacial score (nSPS) is 12.9. The van der Waals surface area contributed by atoms with Gasteiger partial charge in [-0.15, -0.1) is 0 Å². The fraction of sp³-hybridized carbons (Fsp3) is 0.0408. The van der Waals surface area contributed by atoms with Crippen molar-refractivity contribution in [2.75, 3.05) is 0 Å². The van der Waals surface area contributed by atoms with Crippen molar-refractivity contribution in [2.45, 2.75) is 13.1 Å². The molecule has 0 saturated heterocycles. The van der Waals surface area contributed by atoms with Gasteiger partial charge < -0.3 is 0 Å². The molecule has 0 fully saturated rings. The second kappa shape index (κ2) is 12.3. The summed E-state index contributed by atoms with van der Waals surface area (Å²) in [5.74, 6) is 1.99. The van der Waals surface area contributed by atoms with Crippen molar-refractivity contribution in [2.24, 2.45) is 0 Å². The van der Waals surface area contributed by atoms with Crippen LogP contribution < -0.4 is 10.4 Å². The van der Waals surface area contributed by atoms with Crippen molar-refractivity contribution < 1.29 is 0 Å². The molecule has 10 rings (SSSR count). The van der Waals surface area contributed by atoms with E-state index in [2.05, 4.69) is 183 Å². The van der Waals surface area contributed by atoms with Crippen LogP contribution in [0.4, 0.5) is 0 Å². The zero-order chi connectivity index (χ0) is 35.5. The molecule has 2 heterocycles. The van der Waals surface area contributed by atoms with E-state index >= 15 is 0 Å². The quantitative estimate of drug-likeness (QED) is 0.168. The van der Waals surface area contributed by atoms with Crippen molar-refractivity contribution >= 4 is 40.0 Å². The molecular formula is C49H35N3Si. The van der Waals surface area contributed by atoms with E-state index in [1.165, 1.54) is 54.2 Å². The van der Waals surface area contributed by atoms with Gasteiger partial charge in [0.25, 0.3) is 0 Å². The number of hydrogen-bond acceptors (Lipinski definition) is 3. The van der Waals surface area contributed by atoms with E-state index in [-0.39, 0.29) is 0 Å². The Hall–Kier alpha value is -6.49. The van der Waals surface area contributed by atoms with E-state index in [1.54, 1.807) is 0 Å². The van der Waals surface area contributed by atoms with Gasteiger partial charge in [-0.1, -0.05) is 171 Å². The summed E-state index contributed by atoms with van der Waals surface area (Å²) >= 11 is 0. The van der Waals surface area contributed by atoms with Crippen LogP contribution in [0.15, 0.2) is 176 Å². The van der Waals surface area contributed by atoms with Crippen LogP contribution in [0.5, 0.6) is 0 Å². The molecule has 0 aliphatic carbocycles. The predicted octanol–water partition coefficient (Wildman–Crippen LogP) is 11.3. The van der Waals surface area contributed by atoms with Crippen molar-refractivity contribution in [1.29, 1.82) is 0 Å². The number of rotatable bonds is 5. The van der Waals surface area contributed by atoms with E-state index in [9.17, 15) is 0 Å². The highest BCUT2D eigenvalue weighted by Gasteiger charge is 2.38. The average molecular weight is 694 g/mol. The second-order valence-electron chi connectivity index (χ2n) is 14.5. The molecule has 1 aliphatic rings. The van der Waals surface area contributed by atoms with Crippen LogP contribution in [0.1, 0.15) is 0 Å². The van der Waals surface area contributed by atoms with Crippen LogP contribution in [0, 0.1) is 0 Å².